The van der Waals surface area contributed by atoms with Crippen LogP contribution in [0, 0.1) is 5.92 Å². The summed E-state index contributed by atoms with van der Waals surface area (Å²) in [5, 5.41) is 7.78. The van der Waals surface area contributed by atoms with Gasteiger partial charge in [-0.25, -0.2) is 9.97 Å². The van der Waals surface area contributed by atoms with Gasteiger partial charge in [-0.05, 0) is 49.8 Å². The average Bonchev–Trinajstić information content (AvgIpc) is 3.64. The van der Waals surface area contributed by atoms with Crippen molar-refractivity contribution in [2.24, 2.45) is 11.7 Å². The van der Waals surface area contributed by atoms with Crippen LogP contribution < -0.4 is 15.8 Å². The molecule has 2 fully saturated rings. The Balaban J connectivity index is 1.33. The Bertz CT molecular complexity index is 1200. The summed E-state index contributed by atoms with van der Waals surface area (Å²) in [6.07, 6.45) is 9.70. The molecule has 2 aliphatic rings. The lowest BCUT2D eigenvalue weighted by Gasteiger charge is -2.31. The predicted octanol–water partition coefficient (Wildman–Crippen LogP) is 3.25. The Morgan fingerprint density at radius 1 is 1.19 bits per heavy atom. The molecule has 3 heterocycles. The standard InChI is InChI=1S/C26H33N7O3/c1-35-21-8-10-32(11-9-21)25(34)18-4-3-5-20(12-18)30-26-28-15-23(36-2)24(31-26)19-14-29-33(16-19)22(13-27)17-6-7-17/h3-5,12,14-17,21-22H,6-11,13,27H2,1-2H3,(H,28,30,31). The fraction of sp³-hybridized carbons (Fsp3) is 0.462. The maximum atomic E-state index is 13.0. The summed E-state index contributed by atoms with van der Waals surface area (Å²) in [5.41, 5.74) is 8.83. The molecule has 1 atom stereocenters. The number of hydrogen-bond acceptors (Lipinski definition) is 8. The molecule has 2 aromatic heterocycles. The average molecular weight is 492 g/mol. The van der Waals surface area contributed by atoms with E-state index >= 15 is 0 Å². The fourth-order valence-electron chi connectivity index (χ4n) is 4.76. The number of carbonyl (C=O) groups is 1. The molecule has 1 unspecified atom stereocenters. The van der Waals surface area contributed by atoms with Gasteiger partial charge < -0.3 is 25.4 Å². The summed E-state index contributed by atoms with van der Waals surface area (Å²) >= 11 is 0. The largest absolute Gasteiger partial charge is 0.493 e. The second kappa shape index (κ2) is 10.6. The number of ether oxygens (including phenoxy) is 2. The molecule has 0 bridgehead atoms. The number of methoxy groups -OCH3 is 2. The summed E-state index contributed by atoms with van der Waals surface area (Å²) in [5.74, 6) is 1.57. The van der Waals surface area contributed by atoms with E-state index in [4.69, 9.17) is 20.2 Å². The van der Waals surface area contributed by atoms with E-state index in [1.165, 1.54) is 12.8 Å². The first kappa shape index (κ1) is 24.2. The number of amides is 1. The number of benzene rings is 1. The Labute approximate surface area is 210 Å². The topological polar surface area (TPSA) is 120 Å². The number of aromatic nitrogens is 4. The molecule has 36 heavy (non-hydrogen) atoms. The SMILES string of the molecule is COc1cnc(Nc2cccc(C(=O)N3CCC(OC)CC3)c2)nc1-c1cnn(C(CN)C2CC2)c1. The molecule has 1 amide bonds. The van der Waals surface area contributed by atoms with Crippen molar-refractivity contribution in [1.29, 1.82) is 0 Å². The van der Waals surface area contributed by atoms with Crippen LogP contribution in [0.25, 0.3) is 11.3 Å². The molecule has 1 saturated heterocycles. The zero-order valence-corrected chi connectivity index (χ0v) is 20.8. The lowest BCUT2D eigenvalue weighted by Crippen LogP contribution is -2.40. The van der Waals surface area contributed by atoms with Crippen LogP contribution in [0.15, 0.2) is 42.9 Å². The second-order valence-electron chi connectivity index (χ2n) is 9.39. The van der Waals surface area contributed by atoms with Crippen LogP contribution in [-0.4, -0.2) is 70.5 Å². The van der Waals surface area contributed by atoms with Crippen molar-refractivity contribution in [3.8, 4) is 17.0 Å². The van der Waals surface area contributed by atoms with Crippen molar-refractivity contribution in [2.75, 3.05) is 39.2 Å². The van der Waals surface area contributed by atoms with Gasteiger partial charge in [0.2, 0.25) is 5.95 Å². The summed E-state index contributed by atoms with van der Waals surface area (Å²) in [4.78, 5) is 24.0. The van der Waals surface area contributed by atoms with Gasteiger partial charge in [0, 0.05) is 49.8 Å². The molecule has 1 aliphatic heterocycles. The third-order valence-corrected chi connectivity index (χ3v) is 7.03. The number of carbonyl (C=O) groups excluding carboxylic acids is 1. The summed E-state index contributed by atoms with van der Waals surface area (Å²) in [6.45, 7) is 1.94. The summed E-state index contributed by atoms with van der Waals surface area (Å²) < 4.78 is 12.9. The second-order valence-corrected chi connectivity index (χ2v) is 9.39. The van der Waals surface area contributed by atoms with E-state index in [1.807, 2.05) is 40.0 Å². The molecular formula is C26H33N7O3. The molecule has 1 saturated carbocycles. The van der Waals surface area contributed by atoms with Gasteiger partial charge in [-0.1, -0.05) is 6.07 Å². The first-order valence-electron chi connectivity index (χ1n) is 12.4. The van der Waals surface area contributed by atoms with Gasteiger partial charge in [0.05, 0.1) is 31.6 Å². The van der Waals surface area contributed by atoms with E-state index in [0.717, 1.165) is 24.1 Å². The van der Waals surface area contributed by atoms with Gasteiger partial charge in [-0.3, -0.25) is 9.48 Å². The number of likely N-dealkylation sites (tertiary alicyclic amines) is 1. The Kier molecular flexibility index (Phi) is 7.15. The molecule has 1 aliphatic carbocycles. The highest BCUT2D eigenvalue weighted by Gasteiger charge is 2.32. The number of rotatable bonds is 9. The van der Waals surface area contributed by atoms with E-state index < -0.39 is 0 Å². The smallest absolute Gasteiger partial charge is 0.253 e. The molecular weight excluding hydrogens is 458 g/mol. The van der Waals surface area contributed by atoms with Crippen molar-refractivity contribution in [2.45, 2.75) is 37.8 Å². The van der Waals surface area contributed by atoms with Crippen molar-refractivity contribution in [1.82, 2.24) is 24.6 Å². The first-order valence-corrected chi connectivity index (χ1v) is 12.4. The van der Waals surface area contributed by atoms with Gasteiger partial charge in [0.15, 0.2) is 5.75 Å². The highest BCUT2D eigenvalue weighted by Crippen LogP contribution is 2.39. The van der Waals surface area contributed by atoms with Crippen LogP contribution in [0.2, 0.25) is 0 Å². The lowest BCUT2D eigenvalue weighted by molar-refractivity contribution is 0.0351. The third kappa shape index (κ3) is 5.19. The highest BCUT2D eigenvalue weighted by atomic mass is 16.5. The molecule has 190 valence electrons. The normalized spacial score (nSPS) is 17.1. The Morgan fingerprint density at radius 3 is 2.69 bits per heavy atom. The van der Waals surface area contributed by atoms with E-state index in [0.29, 0.717) is 48.5 Å². The quantitative estimate of drug-likeness (QED) is 0.468. The molecule has 0 radical (unpaired) electrons. The minimum absolute atomic E-state index is 0.0158. The van der Waals surface area contributed by atoms with Crippen molar-refractivity contribution < 1.29 is 14.3 Å². The van der Waals surface area contributed by atoms with Crippen LogP contribution in [-0.2, 0) is 4.74 Å². The molecule has 10 nitrogen and oxygen atoms in total. The van der Waals surface area contributed by atoms with Gasteiger partial charge in [-0.15, -0.1) is 0 Å². The maximum Gasteiger partial charge on any atom is 0.253 e. The van der Waals surface area contributed by atoms with E-state index in [-0.39, 0.29) is 18.1 Å². The molecule has 0 spiro atoms. The van der Waals surface area contributed by atoms with Gasteiger partial charge >= 0.3 is 0 Å². The highest BCUT2D eigenvalue weighted by molar-refractivity contribution is 5.95. The van der Waals surface area contributed by atoms with Crippen molar-refractivity contribution in [3.63, 3.8) is 0 Å². The van der Waals surface area contributed by atoms with Gasteiger partial charge in [0.1, 0.15) is 5.69 Å². The van der Waals surface area contributed by atoms with Gasteiger partial charge in [-0.2, -0.15) is 5.10 Å². The van der Waals surface area contributed by atoms with Crippen LogP contribution >= 0.6 is 0 Å². The number of nitrogens with one attached hydrogen (secondary N) is 1. The number of hydrogen-bond donors (Lipinski definition) is 2. The summed E-state index contributed by atoms with van der Waals surface area (Å²) in [7, 11) is 3.32. The number of piperidine rings is 1. The molecule has 1 aromatic carbocycles. The van der Waals surface area contributed by atoms with E-state index in [2.05, 4.69) is 15.4 Å². The maximum absolute atomic E-state index is 13.0. The first-order chi connectivity index (χ1) is 17.6. The van der Waals surface area contributed by atoms with Crippen molar-refractivity contribution >= 4 is 17.5 Å². The van der Waals surface area contributed by atoms with E-state index in [1.54, 1.807) is 26.6 Å². The monoisotopic (exact) mass is 491 g/mol. The molecule has 10 heteroatoms. The fourth-order valence-corrected chi connectivity index (χ4v) is 4.76. The minimum Gasteiger partial charge on any atom is -0.493 e. The molecule has 3 aromatic rings. The van der Waals surface area contributed by atoms with Crippen LogP contribution in [0.4, 0.5) is 11.6 Å². The zero-order chi connectivity index (χ0) is 25.1. The van der Waals surface area contributed by atoms with E-state index in [9.17, 15) is 4.79 Å². The Hall–Kier alpha value is -3.50. The number of anilines is 2. The Morgan fingerprint density at radius 2 is 2.00 bits per heavy atom. The lowest BCUT2D eigenvalue weighted by atomic mass is 10.1. The zero-order valence-electron chi connectivity index (χ0n) is 20.8. The van der Waals surface area contributed by atoms with Crippen LogP contribution in [0.5, 0.6) is 5.75 Å². The number of nitrogens with two attached hydrogens (primary N) is 1. The van der Waals surface area contributed by atoms with Crippen LogP contribution in [0.3, 0.4) is 0 Å². The molecule has 5 rings (SSSR count). The van der Waals surface area contributed by atoms with Gasteiger partial charge in [0.25, 0.3) is 5.91 Å². The predicted molar refractivity (Wildman–Crippen MR) is 136 cm³/mol. The third-order valence-electron chi connectivity index (χ3n) is 7.03. The van der Waals surface area contributed by atoms with Crippen LogP contribution in [0.1, 0.15) is 42.1 Å². The number of nitrogens with zero attached hydrogens (tertiary/aromatic N) is 5. The minimum atomic E-state index is 0.0158. The summed E-state index contributed by atoms with van der Waals surface area (Å²) in [6, 6.07) is 7.61. The van der Waals surface area contributed by atoms with Crippen molar-refractivity contribution in [3.05, 3.63) is 48.4 Å². The molecule has 3 N–H and O–H groups in total.